The first-order chi connectivity index (χ1) is 12.9. The lowest BCUT2D eigenvalue weighted by Crippen LogP contribution is -2.30. The molecule has 0 radical (unpaired) electrons. The number of halogens is 3. The summed E-state index contributed by atoms with van der Waals surface area (Å²) in [6.07, 6.45) is -1.96. The van der Waals surface area contributed by atoms with E-state index in [1.807, 2.05) is 0 Å². The average Bonchev–Trinajstić information content (AvgIpc) is 3.30. The van der Waals surface area contributed by atoms with E-state index in [-0.39, 0.29) is 12.3 Å². The summed E-state index contributed by atoms with van der Waals surface area (Å²) in [5.74, 6) is 0.758. The highest BCUT2D eigenvalue weighted by atomic mass is 32.1. The van der Waals surface area contributed by atoms with Gasteiger partial charge < -0.3 is 15.1 Å². The lowest BCUT2D eigenvalue weighted by atomic mass is 10.3. The van der Waals surface area contributed by atoms with E-state index in [2.05, 4.69) is 20.6 Å². The third-order valence-corrected chi connectivity index (χ3v) is 4.38. The second kappa shape index (κ2) is 8.21. The highest BCUT2D eigenvalue weighted by Crippen LogP contribution is 2.28. The summed E-state index contributed by atoms with van der Waals surface area (Å²) in [4.78, 5) is 20.0. The van der Waals surface area contributed by atoms with Crippen LogP contribution in [-0.4, -0.2) is 29.0 Å². The molecule has 2 N–H and O–H groups in total. The molecule has 0 aliphatic rings. The number of aromatic nitrogens is 2. The highest BCUT2D eigenvalue weighted by Gasteiger charge is 2.30. The Morgan fingerprint density at radius 2 is 2.07 bits per heavy atom. The molecule has 27 heavy (non-hydrogen) atoms. The third kappa shape index (κ3) is 5.30. The summed E-state index contributed by atoms with van der Waals surface area (Å²) in [6, 6.07) is 5.76. The molecule has 3 rings (SSSR count). The minimum absolute atomic E-state index is 0.135. The fourth-order valence-corrected chi connectivity index (χ4v) is 2.97. The van der Waals surface area contributed by atoms with Crippen LogP contribution in [0.2, 0.25) is 0 Å². The number of thiazole rings is 1. The number of nitrogens with zero attached hydrogens (tertiary/aromatic N) is 2. The molecule has 3 heterocycles. The summed E-state index contributed by atoms with van der Waals surface area (Å²) < 4.78 is 42.6. The normalized spacial score (nSPS) is 11.4. The second-order valence-electron chi connectivity index (χ2n) is 5.50. The Hall–Kier alpha value is -2.88. The van der Waals surface area contributed by atoms with Crippen molar-refractivity contribution in [2.45, 2.75) is 12.6 Å². The summed E-state index contributed by atoms with van der Waals surface area (Å²) in [5.41, 5.74) is -0.167. The largest absolute Gasteiger partial charge is 0.462 e. The Balaban J connectivity index is 1.40. The fraction of sp³-hybridized carbons (Fsp3) is 0.235. The molecule has 0 fully saturated rings. The Kier molecular flexibility index (Phi) is 5.75. The number of nitrogens with one attached hydrogen (secondary N) is 2. The van der Waals surface area contributed by atoms with Crippen LogP contribution < -0.4 is 10.6 Å². The van der Waals surface area contributed by atoms with E-state index in [0.717, 1.165) is 12.3 Å². The fourth-order valence-electron chi connectivity index (χ4n) is 2.19. The van der Waals surface area contributed by atoms with Crippen LogP contribution in [0.5, 0.6) is 0 Å². The summed E-state index contributed by atoms with van der Waals surface area (Å²) >= 11 is 1.39. The number of amides is 1. The molecule has 1 amide bonds. The molecule has 0 aromatic carbocycles. The van der Waals surface area contributed by atoms with Crippen molar-refractivity contribution in [3.63, 3.8) is 0 Å². The summed E-state index contributed by atoms with van der Waals surface area (Å²) in [6.45, 7) is 0.634. The molecule has 142 valence electrons. The number of carbonyl (C=O) groups excluding carboxylic acids is 1. The van der Waals surface area contributed by atoms with Gasteiger partial charge in [-0.25, -0.2) is 9.97 Å². The molecular formula is C17H15F3N4O2S. The predicted octanol–water partition coefficient (Wildman–Crippen LogP) is 3.59. The lowest BCUT2D eigenvalue weighted by molar-refractivity contribution is -0.137. The number of hydrogen-bond acceptors (Lipinski definition) is 6. The van der Waals surface area contributed by atoms with E-state index < -0.39 is 11.7 Å². The van der Waals surface area contributed by atoms with E-state index in [9.17, 15) is 18.0 Å². The maximum atomic E-state index is 12.5. The predicted molar refractivity (Wildman–Crippen MR) is 94.3 cm³/mol. The van der Waals surface area contributed by atoms with Gasteiger partial charge in [0.05, 0.1) is 23.9 Å². The molecule has 0 aliphatic heterocycles. The van der Waals surface area contributed by atoms with Crippen molar-refractivity contribution in [3.8, 4) is 10.8 Å². The monoisotopic (exact) mass is 396 g/mol. The van der Waals surface area contributed by atoms with Gasteiger partial charge in [0.2, 0.25) is 5.91 Å². The molecule has 0 aliphatic carbocycles. The van der Waals surface area contributed by atoms with Crippen molar-refractivity contribution in [1.29, 1.82) is 0 Å². The van der Waals surface area contributed by atoms with Gasteiger partial charge >= 0.3 is 6.18 Å². The molecule has 6 nitrogen and oxygen atoms in total. The first-order valence-electron chi connectivity index (χ1n) is 7.94. The standard InChI is InChI=1S/C17H15F3N4O2S/c18-17(19,20)11-3-4-14(23-9-11)21-5-6-22-15(25)8-12-10-27-16(24-12)13-2-1-7-26-13/h1-4,7,9-10H,5-6,8H2,(H,21,23)(H,22,25). The van der Waals surface area contributed by atoms with Crippen LogP contribution in [0.15, 0.2) is 46.5 Å². The van der Waals surface area contributed by atoms with Gasteiger partial charge in [-0.3, -0.25) is 4.79 Å². The number of rotatable bonds is 7. The van der Waals surface area contributed by atoms with E-state index in [0.29, 0.717) is 35.4 Å². The lowest BCUT2D eigenvalue weighted by Gasteiger charge is -2.09. The van der Waals surface area contributed by atoms with Gasteiger partial charge in [0.1, 0.15) is 5.82 Å². The van der Waals surface area contributed by atoms with Gasteiger partial charge in [0.25, 0.3) is 0 Å². The maximum Gasteiger partial charge on any atom is 0.417 e. The number of furan rings is 1. The van der Waals surface area contributed by atoms with Crippen LogP contribution in [0.1, 0.15) is 11.3 Å². The van der Waals surface area contributed by atoms with Gasteiger partial charge in [-0.1, -0.05) is 0 Å². The third-order valence-electron chi connectivity index (χ3n) is 3.47. The number of anilines is 1. The van der Waals surface area contributed by atoms with Crippen LogP contribution in [0, 0.1) is 0 Å². The van der Waals surface area contributed by atoms with E-state index in [4.69, 9.17) is 4.42 Å². The second-order valence-corrected chi connectivity index (χ2v) is 6.36. The number of alkyl halides is 3. The Bertz CT molecular complexity index is 876. The summed E-state index contributed by atoms with van der Waals surface area (Å²) in [5, 5.41) is 8.06. The smallest absolute Gasteiger partial charge is 0.417 e. The molecule has 0 saturated heterocycles. The maximum absolute atomic E-state index is 12.5. The zero-order valence-corrected chi connectivity index (χ0v) is 14.7. The quantitative estimate of drug-likeness (QED) is 0.597. The molecule has 3 aromatic rings. The first-order valence-corrected chi connectivity index (χ1v) is 8.82. The molecular weight excluding hydrogens is 381 g/mol. The SMILES string of the molecule is O=C(Cc1csc(-c2ccco2)n1)NCCNc1ccc(C(F)(F)F)cn1. The Morgan fingerprint density at radius 3 is 2.74 bits per heavy atom. The van der Waals surface area contributed by atoms with Gasteiger partial charge in [-0.2, -0.15) is 13.2 Å². The van der Waals surface area contributed by atoms with Gasteiger partial charge in [-0.15, -0.1) is 11.3 Å². The van der Waals surface area contributed by atoms with Crippen LogP contribution in [0.4, 0.5) is 19.0 Å². The van der Waals surface area contributed by atoms with Crippen molar-refractivity contribution in [3.05, 3.63) is 53.4 Å². The topological polar surface area (TPSA) is 80.0 Å². The molecule has 0 atom stereocenters. The van der Waals surface area contributed by atoms with Crippen molar-refractivity contribution in [2.24, 2.45) is 0 Å². The Morgan fingerprint density at radius 1 is 1.22 bits per heavy atom. The minimum atomic E-state index is -4.41. The first kappa shape index (κ1) is 18.9. The van der Waals surface area contributed by atoms with Crippen LogP contribution in [-0.2, 0) is 17.4 Å². The molecule has 0 bridgehead atoms. The molecule has 0 unspecified atom stereocenters. The Labute approximate surface area is 156 Å². The van der Waals surface area contributed by atoms with Crippen molar-refractivity contribution >= 4 is 23.1 Å². The van der Waals surface area contributed by atoms with Crippen LogP contribution in [0.3, 0.4) is 0 Å². The van der Waals surface area contributed by atoms with Crippen LogP contribution >= 0.6 is 11.3 Å². The molecule has 0 spiro atoms. The van der Waals surface area contributed by atoms with Crippen molar-refractivity contribution in [2.75, 3.05) is 18.4 Å². The molecule has 10 heteroatoms. The minimum Gasteiger partial charge on any atom is -0.462 e. The van der Waals surface area contributed by atoms with E-state index >= 15 is 0 Å². The van der Waals surface area contributed by atoms with E-state index in [1.54, 1.807) is 23.8 Å². The van der Waals surface area contributed by atoms with E-state index in [1.165, 1.54) is 17.4 Å². The molecule has 0 saturated carbocycles. The van der Waals surface area contributed by atoms with Gasteiger partial charge in [-0.05, 0) is 24.3 Å². The van der Waals surface area contributed by atoms with Gasteiger partial charge in [0.15, 0.2) is 10.8 Å². The number of hydrogen-bond donors (Lipinski definition) is 2. The average molecular weight is 396 g/mol. The molecule has 3 aromatic heterocycles. The summed E-state index contributed by atoms with van der Waals surface area (Å²) in [7, 11) is 0. The zero-order valence-electron chi connectivity index (χ0n) is 13.9. The highest BCUT2D eigenvalue weighted by molar-refractivity contribution is 7.13. The number of pyridine rings is 1. The van der Waals surface area contributed by atoms with Crippen molar-refractivity contribution in [1.82, 2.24) is 15.3 Å². The van der Waals surface area contributed by atoms with Crippen molar-refractivity contribution < 1.29 is 22.4 Å². The number of carbonyl (C=O) groups is 1. The zero-order chi connectivity index (χ0) is 19.3. The van der Waals surface area contributed by atoms with Gasteiger partial charge in [0, 0.05) is 24.7 Å². The van der Waals surface area contributed by atoms with Crippen LogP contribution in [0.25, 0.3) is 10.8 Å².